The highest BCUT2D eigenvalue weighted by molar-refractivity contribution is 7.13. The molecule has 0 saturated carbocycles. The number of hydrogen-bond donors (Lipinski definition) is 2. The zero-order chi connectivity index (χ0) is 23.5. The van der Waals surface area contributed by atoms with Gasteiger partial charge in [-0.1, -0.05) is 61.7 Å². The van der Waals surface area contributed by atoms with Crippen molar-refractivity contribution in [2.75, 3.05) is 6.54 Å². The number of unbranched alkanes of at least 4 members (excludes halogenated alkanes) is 3. The van der Waals surface area contributed by atoms with Crippen molar-refractivity contribution >= 4 is 23.2 Å². The Morgan fingerprint density at radius 2 is 1.85 bits per heavy atom. The fourth-order valence-electron chi connectivity index (χ4n) is 4.33. The minimum atomic E-state index is -0.892. The first-order chi connectivity index (χ1) is 16.0. The Morgan fingerprint density at radius 3 is 2.61 bits per heavy atom. The number of thiophene rings is 1. The predicted molar refractivity (Wildman–Crippen MR) is 133 cm³/mol. The first kappa shape index (κ1) is 25.2. The lowest BCUT2D eigenvalue weighted by molar-refractivity contribution is -0.128. The SMILES string of the molecule is O=C(O)c1ccc(CCCN2C(=O)CC[C@@H]2/C=C/[C@@H](O)CCCCCCc2ccccc2)s1. The van der Waals surface area contributed by atoms with Crippen molar-refractivity contribution in [3.05, 3.63) is 69.9 Å². The number of aryl methyl sites for hydroxylation is 2. The van der Waals surface area contributed by atoms with Crippen LogP contribution in [0.1, 0.15) is 71.5 Å². The molecular formula is C27H35NO4S. The molecular weight excluding hydrogens is 434 g/mol. The summed E-state index contributed by atoms with van der Waals surface area (Å²) in [4.78, 5) is 26.6. The lowest BCUT2D eigenvalue weighted by Crippen LogP contribution is -2.33. The average molecular weight is 470 g/mol. The number of likely N-dealkylation sites (tertiary alicyclic amines) is 1. The molecule has 33 heavy (non-hydrogen) atoms. The van der Waals surface area contributed by atoms with Gasteiger partial charge in [-0.25, -0.2) is 4.79 Å². The number of carboxylic acid groups (broad SMARTS) is 1. The van der Waals surface area contributed by atoms with Crippen LogP contribution in [0.25, 0.3) is 0 Å². The van der Waals surface area contributed by atoms with Gasteiger partial charge < -0.3 is 15.1 Å². The van der Waals surface area contributed by atoms with Crippen LogP contribution in [0.2, 0.25) is 0 Å². The molecule has 1 aliphatic heterocycles. The number of rotatable bonds is 14. The molecule has 0 aliphatic carbocycles. The van der Waals surface area contributed by atoms with E-state index >= 15 is 0 Å². The Kier molecular flexibility index (Phi) is 10.2. The molecule has 178 valence electrons. The number of amides is 1. The molecule has 1 aromatic carbocycles. The van der Waals surface area contributed by atoms with E-state index in [9.17, 15) is 14.7 Å². The van der Waals surface area contributed by atoms with Gasteiger partial charge in [-0.05, 0) is 56.2 Å². The largest absolute Gasteiger partial charge is 0.477 e. The molecule has 0 radical (unpaired) electrons. The van der Waals surface area contributed by atoms with Gasteiger partial charge >= 0.3 is 5.97 Å². The number of nitrogens with zero attached hydrogens (tertiary/aromatic N) is 1. The molecule has 0 unspecified atom stereocenters. The summed E-state index contributed by atoms with van der Waals surface area (Å²) in [6.07, 6.45) is 12.7. The molecule has 5 nitrogen and oxygen atoms in total. The van der Waals surface area contributed by atoms with E-state index in [4.69, 9.17) is 5.11 Å². The highest BCUT2D eigenvalue weighted by atomic mass is 32.1. The summed E-state index contributed by atoms with van der Waals surface area (Å²) < 4.78 is 0. The standard InChI is InChI=1S/C27H35NO4S/c29-23(12-7-2-1-4-9-21-10-5-3-6-11-21)16-14-22-15-19-26(30)28(22)20-8-13-24-17-18-25(33-24)27(31)32/h3,5-6,10-11,14,16-18,22-23,29H,1-2,4,7-9,12-13,15,19-20H2,(H,31,32)/b16-14+/t22-,23-/m0/s1. The molecule has 6 heteroatoms. The summed E-state index contributed by atoms with van der Waals surface area (Å²) in [6.45, 7) is 0.658. The van der Waals surface area contributed by atoms with E-state index in [1.54, 1.807) is 6.07 Å². The first-order valence-electron chi connectivity index (χ1n) is 12.0. The van der Waals surface area contributed by atoms with E-state index in [-0.39, 0.29) is 11.9 Å². The maximum absolute atomic E-state index is 12.3. The molecule has 2 atom stereocenters. The maximum Gasteiger partial charge on any atom is 0.345 e. The van der Waals surface area contributed by atoms with Crippen LogP contribution in [0, 0.1) is 0 Å². The predicted octanol–water partition coefficient (Wildman–Crippen LogP) is 5.48. The van der Waals surface area contributed by atoms with Gasteiger partial charge in [-0.15, -0.1) is 11.3 Å². The highest BCUT2D eigenvalue weighted by Gasteiger charge is 2.28. The topological polar surface area (TPSA) is 77.8 Å². The monoisotopic (exact) mass is 469 g/mol. The molecule has 0 bridgehead atoms. The minimum absolute atomic E-state index is 0.0518. The quantitative estimate of drug-likeness (QED) is 0.284. The van der Waals surface area contributed by atoms with Gasteiger partial charge in [0.2, 0.25) is 5.91 Å². The second-order valence-electron chi connectivity index (χ2n) is 8.76. The van der Waals surface area contributed by atoms with Gasteiger partial charge in [0.05, 0.1) is 12.1 Å². The normalized spacial score (nSPS) is 17.2. The van der Waals surface area contributed by atoms with Gasteiger partial charge in [0.1, 0.15) is 4.88 Å². The third-order valence-corrected chi connectivity index (χ3v) is 7.32. The molecule has 1 saturated heterocycles. The second kappa shape index (κ2) is 13.3. The van der Waals surface area contributed by atoms with Crippen LogP contribution < -0.4 is 0 Å². The van der Waals surface area contributed by atoms with Gasteiger partial charge in [0.15, 0.2) is 0 Å². The van der Waals surface area contributed by atoms with Crippen LogP contribution in [0.3, 0.4) is 0 Å². The Balaban J connectivity index is 1.32. The van der Waals surface area contributed by atoms with Crippen molar-refractivity contribution in [3.8, 4) is 0 Å². The van der Waals surface area contributed by atoms with E-state index in [1.807, 2.05) is 29.2 Å². The maximum atomic E-state index is 12.3. The molecule has 1 aromatic heterocycles. The van der Waals surface area contributed by atoms with E-state index in [2.05, 4.69) is 24.3 Å². The number of benzene rings is 1. The summed E-state index contributed by atoms with van der Waals surface area (Å²) in [7, 11) is 0. The fourth-order valence-corrected chi connectivity index (χ4v) is 5.22. The first-order valence-corrected chi connectivity index (χ1v) is 12.9. The van der Waals surface area contributed by atoms with Crippen molar-refractivity contribution in [1.82, 2.24) is 4.90 Å². The van der Waals surface area contributed by atoms with Crippen LogP contribution >= 0.6 is 11.3 Å². The third kappa shape index (κ3) is 8.45. The number of carbonyl (C=O) groups is 2. The zero-order valence-corrected chi connectivity index (χ0v) is 20.0. The van der Waals surface area contributed by atoms with Crippen LogP contribution in [0.15, 0.2) is 54.6 Å². The summed E-state index contributed by atoms with van der Waals surface area (Å²) in [5, 5.41) is 19.4. The van der Waals surface area contributed by atoms with Crippen molar-refractivity contribution in [3.63, 3.8) is 0 Å². The van der Waals surface area contributed by atoms with Gasteiger partial charge in [0, 0.05) is 17.8 Å². The molecule has 1 fully saturated rings. The molecule has 0 spiro atoms. The van der Waals surface area contributed by atoms with Gasteiger partial charge in [-0.2, -0.15) is 0 Å². The molecule has 2 N–H and O–H groups in total. The van der Waals surface area contributed by atoms with Crippen molar-refractivity contribution in [2.45, 2.75) is 76.4 Å². The number of aliphatic hydroxyl groups is 1. The van der Waals surface area contributed by atoms with Crippen molar-refractivity contribution < 1.29 is 19.8 Å². The Labute approximate surface area is 200 Å². The fraction of sp³-hybridized carbons (Fsp3) is 0.481. The average Bonchev–Trinajstić information content (AvgIpc) is 3.43. The van der Waals surface area contributed by atoms with E-state index in [1.165, 1.54) is 29.7 Å². The third-order valence-electron chi connectivity index (χ3n) is 6.18. The van der Waals surface area contributed by atoms with Gasteiger partial charge in [-0.3, -0.25) is 4.79 Å². The van der Waals surface area contributed by atoms with E-state index in [0.717, 1.165) is 49.8 Å². The van der Waals surface area contributed by atoms with Crippen LogP contribution in [-0.4, -0.2) is 45.7 Å². The van der Waals surface area contributed by atoms with Gasteiger partial charge in [0.25, 0.3) is 0 Å². The number of aliphatic hydroxyl groups excluding tert-OH is 1. The Hall–Kier alpha value is -2.44. The zero-order valence-electron chi connectivity index (χ0n) is 19.2. The van der Waals surface area contributed by atoms with E-state index in [0.29, 0.717) is 17.8 Å². The second-order valence-corrected chi connectivity index (χ2v) is 9.93. The number of carbonyl (C=O) groups excluding carboxylic acids is 1. The number of carboxylic acids is 1. The summed E-state index contributed by atoms with van der Waals surface area (Å²) in [5.41, 5.74) is 1.39. The smallest absolute Gasteiger partial charge is 0.345 e. The van der Waals surface area contributed by atoms with Crippen molar-refractivity contribution in [2.24, 2.45) is 0 Å². The van der Waals surface area contributed by atoms with Crippen molar-refractivity contribution in [1.29, 1.82) is 0 Å². The summed E-state index contributed by atoms with van der Waals surface area (Å²) in [5.74, 6) is -0.730. The summed E-state index contributed by atoms with van der Waals surface area (Å²) >= 11 is 1.30. The molecule has 2 heterocycles. The molecule has 3 rings (SSSR count). The molecule has 1 aliphatic rings. The minimum Gasteiger partial charge on any atom is -0.477 e. The lowest BCUT2D eigenvalue weighted by Gasteiger charge is -2.22. The Morgan fingerprint density at radius 1 is 1.06 bits per heavy atom. The van der Waals surface area contributed by atoms with E-state index < -0.39 is 12.1 Å². The molecule has 2 aromatic rings. The van der Waals surface area contributed by atoms with Crippen LogP contribution in [0.4, 0.5) is 0 Å². The number of aromatic carboxylic acids is 1. The Bertz CT molecular complexity index is 908. The lowest BCUT2D eigenvalue weighted by atomic mass is 10.0. The van der Waals surface area contributed by atoms with Crippen LogP contribution in [0.5, 0.6) is 0 Å². The molecule has 1 amide bonds. The summed E-state index contributed by atoms with van der Waals surface area (Å²) in [6, 6.07) is 14.1. The highest BCUT2D eigenvalue weighted by Crippen LogP contribution is 2.23. The van der Waals surface area contributed by atoms with Crippen LogP contribution in [-0.2, 0) is 17.6 Å². The number of hydrogen-bond acceptors (Lipinski definition) is 4.